The number of benzene rings is 2. The van der Waals surface area contributed by atoms with Crippen LogP contribution in [0.15, 0.2) is 76.3 Å². The Morgan fingerprint density at radius 1 is 1.03 bits per heavy atom. The van der Waals surface area contributed by atoms with Gasteiger partial charge in [0, 0.05) is 13.1 Å². The number of hydrogen-bond acceptors (Lipinski definition) is 4. The van der Waals surface area contributed by atoms with E-state index in [0.717, 1.165) is 16.7 Å². The fraction of sp³-hybridized carbons (Fsp3) is 0.292. The summed E-state index contributed by atoms with van der Waals surface area (Å²) in [6.07, 6.45) is 1.35. The highest BCUT2D eigenvalue weighted by Crippen LogP contribution is 2.28. The number of rotatable bonds is 6. The lowest BCUT2D eigenvalue weighted by molar-refractivity contribution is -0.126. The summed E-state index contributed by atoms with van der Waals surface area (Å²) in [7, 11) is -3.55. The van der Waals surface area contributed by atoms with Crippen molar-refractivity contribution in [2.45, 2.75) is 30.0 Å². The highest BCUT2D eigenvalue weighted by molar-refractivity contribution is 7.91. The summed E-state index contributed by atoms with van der Waals surface area (Å²) < 4.78 is 27.6. The summed E-state index contributed by atoms with van der Waals surface area (Å²) in [5.74, 6) is -0.486. The average Bonchev–Trinajstić information content (AvgIpc) is 3.35. The fourth-order valence-electron chi connectivity index (χ4n) is 3.94. The van der Waals surface area contributed by atoms with Gasteiger partial charge in [0.15, 0.2) is 0 Å². The topological polar surface area (TPSA) is 66.5 Å². The third-order valence-corrected chi connectivity index (χ3v) is 8.91. The van der Waals surface area contributed by atoms with Crippen molar-refractivity contribution in [2.75, 3.05) is 13.1 Å². The third kappa shape index (κ3) is 4.89. The molecule has 0 bridgehead atoms. The molecule has 1 saturated heterocycles. The first-order valence-corrected chi connectivity index (χ1v) is 12.7. The van der Waals surface area contributed by atoms with Crippen LogP contribution in [0.2, 0.25) is 0 Å². The van der Waals surface area contributed by atoms with Gasteiger partial charge in [-0.3, -0.25) is 4.79 Å². The lowest BCUT2D eigenvalue weighted by atomic mass is 9.94. The van der Waals surface area contributed by atoms with Crippen molar-refractivity contribution in [2.24, 2.45) is 5.92 Å². The molecule has 0 spiro atoms. The van der Waals surface area contributed by atoms with E-state index in [1.807, 2.05) is 61.5 Å². The maximum absolute atomic E-state index is 13.3. The highest BCUT2D eigenvalue weighted by Gasteiger charge is 2.34. The lowest BCUT2D eigenvalue weighted by Crippen LogP contribution is -2.46. The van der Waals surface area contributed by atoms with Gasteiger partial charge in [0.1, 0.15) is 4.21 Å². The number of hydrogen-bond donors (Lipinski definition) is 1. The van der Waals surface area contributed by atoms with Crippen LogP contribution in [0.25, 0.3) is 0 Å². The van der Waals surface area contributed by atoms with Crippen molar-refractivity contribution in [3.05, 3.63) is 88.8 Å². The van der Waals surface area contributed by atoms with E-state index in [2.05, 4.69) is 5.32 Å². The first-order valence-electron chi connectivity index (χ1n) is 10.4. The smallest absolute Gasteiger partial charge is 0.252 e. The van der Waals surface area contributed by atoms with Crippen molar-refractivity contribution >= 4 is 27.3 Å². The predicted molar refractivity (Wildman–Crippen MR) is 123 cm³/mol. The number of aryl methyl sites for hydroxylation is 1. The Morgan fingerprint density at radius 3 is 2.42 bits per heavy atom. The Morgan fingerprint density at radius 2 is 1.74 bits per heavy atom. The van der Waals surface area contributed by atoms with Crippen LogP contribution in [-0.2, 0) is 14.8 Å². The molecule has 2 heterocycles. The number of carbonyl (C=O) groups is 1. The standard InChI is InChI=1S/C24H26N2O3S2/c1-18-11-13-20(14-12-18)23(19-7-3-2-4-8-19)25-24(27)21-9-5-15-26(17-21)31(28,29)22-10-6-16-30-22/h2-4,6-8,10-14,16,21,23H,5,9,15,17H2,1H3,(H,25,27)/t21-,23-/m1/s1. The Kier molecular flexibility index (Phi) is 6.55. The lowest BCUT2D eigenvalue weighted by Gasteiger charge is -2.32. The molecule has 162 valence electrons. The van der Waals surface area contributed by atoms with Gasteiger partial charge in [0.2, 0.25) is 5.91 Å². The minimum Gasteiger partial charge on any atom is -0.345 e. The summed E-state index contributed by atoms with van der Waals surface area (Å²) in [6, 6.07) is 21.1. The van der Waals surface area contributed by atoms with Gasteiger partial charge in [-0.05, 0) is 42.3 Å². The number of nitrogens with one attached hydrogen (secondary N) is 1. The molecule has 1 aromatic heterocycles. The van der Waals surface area contributed by atoms with Crippen molar-refractivity contribution in [3.8, 4) is 0 Å². The number of piperidine rings is 1. The van der Waals surface area contributed by atoms with Crippen molar-refractivity contribution in [3.63, 3.8) is 0 Å². The molecule has 1 aliphatic heterocycles. The van der Waals surface area contributed by atoms with Crippen molar-refractivity contribution < 1.29 is 13.2 Å². The van der Waals surface area contributed by atoms with Gasteiger partial charge in [-0.2, -0.15) is 4.31 Å². The molecule has 1 N–H and O–H groups in total. The van der Waals surface area contributed by atoms with Gasteiger partial charge >= 0.3 is 0 Å². The second kappa shape index (κ2) is 9.34. The van der Waals surface area contributed by atoms with Gasteiger partial charge in [0.05, 0.1) is 12.0 Å². The van der Waals surface area contributed by atoms with Crippen LogP contribution in [0, 0.1) is 12.8 Å². The van der Waals surface area contributed by atoms with Crippen LogP contribution >= 0.6 is 11.3 Å². The summed E-state index contributed by atoms with van der Waals surface area (Å²) in [5, 5.41) is 4.94. The first kappa shape index (κ1) is 21.7. The SMILES string of the molecule is Cc1ccc([C@H](NC(=O)[C@@H]2CCCN(S(=O)(=O)c3cccs3)C2)c2ccccc2)cc1. The molecular formula is C24H26N2O3S2. The molecule has 2 aromatic carbocycles. The molecule has 2 atom stereocenters. The minimum absolute atomic E-state index is 0.111. The second-order valence-corrected chi connectivity index (χ2v) is 11.0. The van der Waals surface area contributed by atoms with E-state index in [4.69, 9.17) is 0 Å². The quantitative estimate of drug-likeness (QED) is 0.602. The molecule has 1 aliphatic rings. The molecular weight excluding hydrogens is 428 g/mol. The highest BCUT2D eigenvalue weighted by atomic mass is 32.2. The summed E-state index contributed by atoms with van der Waals surface area (Å²) in [6.45, 7) is 2.69. The molecule has 0 radical (unpaired) electrons. The van der Waals surface area contributed by atoms with Gasteiger partial charge in [-0.25, -0.2) is 8.42 Å². The van der Waals surface area contributed by atoms with Crippen LogP contribution in [-0.4, -0.2) is 31.7 Å². The first-order chi connectivity index (χ1) is 14.9. The van der Waals surface area contributed by atoms with E-state index in [-0.39, 0.29) is 24.4 Å². The van der Waals surface area contributed by atoms with Crippen LogP contribution in [0.4, 0.5) is 0 Å². The Balaban J connectivity index is 1.54. The molecule has 3 aromatic rings. The van der Waals surface area contributed by atoms with E-state index in [1.165, 1.54) is 15.6 Å². The van der Waals surface area contributed by atoms with Gasteiger partial charge < -0.3 is 5.32 Å². The molecule has 1 fully saturated rings. The molecule has 1 amide bonds. The van der Waals surface area contributed by atoms with E-state index in [0.29, 0.717) is 23.6 Å². The zero-order valence-corrected chi connectivity index (χ0v) is 19.0. The van der Waals surface area contributed by atoms with Crippen LogP contribution in [0.3, 0.4) is 0 Å². The van der Waals surface area contributed by atoms with Crippen LogP contribution < -0.4 is 5.32 Å². The number of thiophene rings is 1. The Labute approximate surface area is 187 Å². The van der Waals surface area contributed by atoms with E-state index in [1.54, 1.807) is 17.5 Å². The molecule has 31 heavy (non-hydrogen) atoms. The predicted octanol–water partition coefficient (Wildman–Crippen LogP) is 4.36. The Bertz CT molecular complexity index is 1110. The Hall–Kier alpha value is -2.48. The molecule has 0 saturated carbocycles. The molecule has 0 aliphatic carbocycles. The van der Waals surface area contributed by atoms with E-state index < -0.39 is 10.0 Å². The van der Waals surface area contributed by atoms with Crippen LogP contribution in [0.5, 0.6) is 0 Å². The number of carbonyl (C=O) groups excluding carboxylic acids is 1. The molecule has 5 nitrogen and oxygen atoms in total. The van der Waals surface area contributed by atoms with Crippen molar-refractivity contribution in [1.29, 1.82) is 0 Å². The zero-order chi connectivity index (χ0) is 21.8. The van der Waals surface area contributed by atoms with Gasteiger partial charge in [-0.15, -0.1) is 11.3 Å². The molecule has 4 rings (SSSR count). The van der Waals surface area contributed by atoms with Gasteiger partial charge in [0.25, 0.3) is 10.0 Å². The number of nitrogens with zero attached hydrogens (tertiary/aromatic N) is 1. The average molecular weight is 455 g/mol. The number of amides is 1. The summed E-state index contributed by atoms with van der Waals surface area (Å²) in [4.78, 5) is 13.3. The van der Waals surface area contributed by atoms with Gasteiger partial charge in [-0.1, -0.05) is 66.2 Å². The monoisotopic (exact) mass is 454 g/mol. The van der Waals surface area contributed by atoms with E-state index in [9.17, 15) is 13.2 Å². The maximum Gasteiger partial charge on any atom is 0.252 e. The number of sulfonamides is 1. The summed E-state index contributed by atoms with van der Waals surface area (Å²) >= 11 is 1.21. The molecule has 0 unspecified atom stereocenters. The molecule has 7 heteroatoms. The zero-order valence-electron chi connectivity index (χ0n) is 17.4. The minimum atomic E-state index is -3.55. The van der Waals surface area contributed by atoms with Crippen LogP contribution in [0.1, 0.15) is 35.6 Å². The maximum atomic E-state index is 13.3. The normalized spacial score (nSPS) is 18.4. The third-order valence-electron chi connectivity index (χ3n) is 5.67. The fourth-order valence-corrected chi connectivity index (χ4v) is 6.60. The largest absolute Gasteiger partial charge is 0.345 e. The van der Waals surface area contributed by atoms with E-state index >= 15 is 0 Å². The second-order valence-electron chi connectivity index (χ2n) is 7.90. The van der Waals surface area contributed by atoms with Crippen molar-refractivity contribution in [1.82, 2.24) is 9.62 Å². The summed E-state index contributed by atoms with van der Waals surface area (Å²) in [5.41, 5.74) is 3.16.